The summed E-state index contributed by atoms with van der Waals surface area (Å²) in [4.78, 5) is 0. The largest absolute Gasteiger partial charge is 0.493 e. The Morgan fingerprint density at radius 3 is 2.48 bits per heavy atom. The van der Waals surface area contributed by atoms with Crippen molar-refractivity contribution in [2.45, 2.75) is 45.7 Å². The van der Waals surface area contributed by atoms with Crippen LogP contribution in [0.4, 0.5) is 0 Å². The first kappa shape index (κ1) is 19.4. The van der Waals surface area contributed by atoms with E-state index in [9.17, 15) is 0 Å². The summed E-state index contributed by atoms with van der Waals surface area (Å²) in [7, 11) is 1.69. The number of ether oxygens (including phenoxy) is 4. The molecule has 2 aromatic carbocycles. The Kier molecular flexibility index (Phi) is 7.22. The van der Waals surface area contributed by atoms with Crippen LogP contribution in [-0.2, 0) is 13.1 Å². The maximum absolute atomic E-state index is 5.89. The van der Waals surface area contributed by atoms with Crippen LogP contribution in [0, 0.1) is 0 Å². The van der Waals surface area contributed by atoms with Gasteiger partial charge in [-0.3, -0.25) is 0 Å². The predicted octanol–water partition coefficient (Wildman–Crippen LogP) is 3.65. The van der Waals surface area contributed by atoms with Crippen LogP contribution in [0.2, 0.25) is 0 Å². The van der Waals surface area contributed by atoms with E-state index in [2.05, 4.69) is 36.5 Å². The molecule has 0 atom stereocenters. The predicted molar refractivity (Wildman–Crippen MR) is 105 cm³/mol. The summed E-state index contributed by atoms with van der Waals surface area (Å²) in [5.74, 6) is 3.30. The molecule has 0 fully saturated rings. The van der Waals surface area contributed by atoms with Gasteiger partial charge in [0, 0.05) is 11.1 Å². The SMILES string of the molecule is CCCCCCOc1ccc(C[NH2+]Cc2ccc3c(c2)OCO3)cc1OC. The molecule has 27 heavy (non-hydrogen) atoms. The van der Waals surface area contributed by atoms with Gasteiger partial charge in [-0.25, -0.2) is 0 Å². The van der Waals surface area contributed by atoms with Gasteiger partial charge in [0.25, 0.3) is 0 Å². The lowest BCUT2D eigenvalue weighted by molar-refractivity contribution is -0.686. The van der Waals surface area contributed by atoms with Crippen LogP contribution in [-0.4, -0.2) is 20.5 Å². The van der Waals surface area contributed by atoms with Gasteiger partial charge in [0.05, 0.1) is 13.7 Å². The fraction of sp³-hybridized carbons (Fsp3) is 0.455. The van der Waals surface area contributed by atoms with Crippen molar-refractivity contribution in [3.8, 4) is 23.0 Å². The summed E-state index contributed by atoms with van der Waals surface area (Å²) in [5.41, 5.74) is 2.43. The van der Waals surface area contributed by atoms with E-state index in [-0.39, 0.29) is 0 Å². The minimum atomic E-state index is 0.315. The zero-order valence-electron chi connectivity index (χ0n) is 16.3. The highest BCUT2D eigenvalue weighted by Crippen LogP contribution is 2.32. The highest BCUT2D eigenvalue weighted by Gasteiger charge is 2.13. The maximum Gasteiger partial charge on any atom is 0.231 e. The molecule has 3 rings (SSSR count). The Hall–Kier alpha value is -2.40. The van der Waals surface area contributed by atoms with Gasteiger partial charge in [0.2, 0.25) is 6.79 Å². The number of fused-ring (bicyclic) bond motifs is 1. The molecular formula is C22H30NO4+. The molecule has 0 radical (unpaired) electrons. The molecule has 0 saturated carbocycles. The quantitative estimate of drug-likeness (QED) is 0.612. The lowest BCUT2D eigenvalue weighted by Crippen LogP contribution is -2.80. The summed E-state index contributed by atoms with van der Waals surface area (Å²) in [6, 6.07) is 12.3. The Morgan fingerprint density at radius 2 is 1.67 bits per heavy atom. The van der Waals surface area contributed by atoms with Gasteiger partial charge in [0.1, 0.15) is 13.1 Å². The minimum absolute atomic E-state index is 0.315. The number of nitrogens with two attached hydrogens (primary N) is 1. The van der Waals surface area contributed by atoms with E-state index in [1.807, 2.05) is 12.1 Å². The lowest BCUT2D eigenvalue weighted by atomic mass is 10.1. The molecule has 0 aliphatic carbocycles. The van der Waals surface area contributed by atoms with E-state index in [0.717, 1.165) is 49.1 Å². The zero-order valence-corrected chi connectivity index (χ0v) is 16.3. The molecule has 146 valence electrons. The fourth-order valence-corrected chi connectivity index (χ4v) is 3.14. The van der Waals surface area contributed by atoms with Crippen LogP contribution in [0.3, 0.4) is 0 Å². The third-order valence-corrected chi connectivity index (χ3v) is 4.68. The van der Waals surface area contributed by atoms with Gasteiger partial charge >= 0.3 is 0 Å². The second kappa shape index (κ2) is 10.1. The first-order valence-electron chi connectivity index (χ1n) is 9.80. The number of rotatable bonds is 11. The van der Waals surface area contributed by atoms with E-state index < -0.39 is 0 Å². The number of hydrogen-bond acceptors (Lipinski definition) is 4. The molecule has 1 aliphatic heterocycles. The van der Waals surface area contributed by atoms with Gasteiger partial charge in [-0.1, -0.05) is 26.2 Å². The molecular weight excluding hydrogens is 342 g/mol. The van der Waals surface area contributed by atoms with Gasteiger partial charge in [0.15, 0.2) is 23.0 Å². The van der Waals surface area contributed by atoms with E-state index in [1.165, 1.54) is 30.4 Å². The first-order valence-corrected chi connectivity index (χ1v) is 9.80. The van der Waals surface area contributed by atoms with Crippen molar-refractivity contribution < 1.29 is 24.3 Å². The van der Waals surface area contributed by atoms with Crippen LogP contribution < -0.4 is 24.3 Å². The van der Waals surface area contributed by atoms with Crippen LogP contribution in [0.5, 0.6) is 23.0 Å². The van der Waals surface area contributed by atoms with E-state index in [0.29, 0.717) is 6.79 Å². The standard InChI is InChI=1S/C22H29NO4/c1-3-4-5-6-11-25-19-9-7-17(12-21(19)24-2)14-23-15-18-8-10-20-22(13-18)27-16-26-20/h7-10,12-13,23H,3-6,11,14-16H2,1-2H3/p+1. The molecule has 5 nitrogen and oxygen atoms in total. The molecule has 5 heteroatoms. The molecule has 0 aromatic heterocycles. The van der Waals surface area contributed by atoms with Gasteiger partial charge in [-0.15, -0.1) is 0 Å². The summed E-state index contributed by atoms with van der Waals surface area (Å²) in [6.45, 7) is 5.03. The normalized spacial score (nSPS) is 12.2. The molecule has 0 spiro atoms. The van der Waals surface area contributed by atoms with Crippen LogP contribution in [0.1, 0.15) is 43.7 Å². The number of methoxy groups -OCH3 is 1. The fourth-order valence-electron chi connectivity index (χ4n) is 3.14. The maximum atomic E-state index is 5.89. The van der Waals surface area contributed by atoms with Gasteiger partial charge in [-0.05, 0) is 42.8 Å². The van der Waals surface area contributed by atoms with Crippen molar-refractivity contribution in [3.63, 3.8) is 0 Å². The summed E-state index contributed by atoms with van der Waals surface area (Å²) >= 11 is 0. The second-order valence-corrected chi connectivity index (χ2v) is 6.78. The summed E-state index contributed by atoms with van der Waals surface area (Å²) < 4.78 is 22.2. The summed E-state index contributed by atoms with van der Waals surface area (Å²) in [5, 5.41) is 2.26. The van der Waals surface area contributed by atoms with Crippen molar-refractivity contribution in [1.29, 1.82) is 0 Å². The zero-order chi connectivity index (χ0) is 18.9. The molecule has 0 amide bonds. The van der Waals surface area contributed by atoms with E-state index in [4.69, 9.17) is 18.9 Å². The van der Waals surface area contributed by atoms with Crippen molar-refractivity contribution in [3.05, 3.63) is 47.5 Å². The molecule has 0 bridgehead atoms. The number of quaternary nitrogens is 1. The van der Waals surface area contributed by atoms with Crippen molar-refractivity contribution in [1.82, 2.24) is 0 Å². The number of hydrogen-bond donors (Lipinski definition) is 1. The topological polar surface area (TPSA) is 53.5 Å². The Morgan fingerprint density at radius 1 is 0.889 bits per heavy atom. The second-order valence-electron chi connectivity index (χ2n) is 6.78. The van der Waals surface area contributed by atoms with Crippen molar-refractivity contribution in [2.24, 2.45) is 0 Å². The highest BCUT2D eigenvalue weighted by atomic mass is 16.7. The van der Waals surface area contributed by atoms with Crippen molar-refractivity contribution >= 4 is 0 Å². The Bertz CT molecular complexity index is 732. The van der Waals surface area contributed by atoms with Gasteiger partial charge in [-0.2, -0.15) is 0 Å². The Labute approximate surface area is 161 Å². The number of benzene rings is 2. The van der Waals surface area contributed by atoms with E-state index >= 15 is 0 Å². The summed E-state index contributed by atoms with van der Waals surface area (Å²) in [6.07, 6.45) is 4.80. The monoisotopic (exact) mass is 372 g/mol. The van der Waals surface area contributed by atoms with Gasteiger partial charge < -0.3 is 24.3 Å². The number of unbranched alkanes of at least 4 members (excludes halogenated alkanes) is 3. The average molecular weight is 372 g/mol. The van der Waals surface area contributed by atoms with E-state index in [1.54, 1.807) is 7.11 Å². The molecule has 2 N–H and O–H groups in total. The van der Waals surface area contributed by atoms with Crippen LogP contribution in [0.25, 0.3) is 0 Å². The minimum Gasteiger partial charge on any atom is -0.493 e. The van der Waals surface area contributed by atoms with Crippen LogP contribution >= 0.6 is 0 Å². The third-order valence-electron chi connectivity index (χ3n) is 4.68. The molecule has 0 saturated heterocycles. The molecule has 1 heterocycles. The average Bonchev–Trinajstić information content (AvgIpc) is 3.16. The first-order chi connectivity index (χ1) is 13.3. The molecule has 1 aliphatic rings. The lowest BCUT2D eigenvalue weighted by Gasteiger charge is -2.12. The molecule has 0 unspecified atom stereocenters. The van der Waals surface area contributed by atoms with Crippen molar-refractivity contribution in [2.75, 3.05) is 20.5 Å². The highest BCUT2D eigenvalue weighted by molar-refractivity contribution is 5.44. The molecule has 2 aromatic rings. The van der Waals surface area contributed by atoms with Crippen LogP contribution in [0.15, 0.2) is 36.4 Å². The Balaban J connectivity index is 1.48. The third kappa shape index (κ3) is 5.54. The smallest absolute Gasteiger partial charge is 0.231 e.